The summed E-state index contributed by atoms with van der Waals surface area (Å²) in [7, 11) is 0. The molecule has 0 aliphatic carbocycles. The van der Waals surface area contributed by atoms with E-state index >= 15 is 0 Å². The molecule has 0 aromatic heterocycles. The highest BCUT2D eigenvalue weighted by Gasteiger charge is 2.20. The molecule has 1 amide bonds. The van der Waals surface area contributed by atoms with E-state index in [9.17, 15) is 9.18 Å². The summed E-state index contributed by atoms with van der Waals surface area (Å²) in [5, 5.41) is 11.8. The highest BCUT2D eigenvalue weighted by molar-refractivity contribution is 5.97. The Hall–Kier alpha value is -2.35. The van der Waals surface area contributed by atoms with Gasteiger partial charge in [0.25, 0.3) is 5.91 Å². The molecule has 0 radical (unpaired) electrons. The van der Waals surface area contributed by atoms with Crippen LogP contribution in [0.2, 0.25) is 0 Å². The number of nitrogens with zero attached hydrogens (tertiary/aromatic N) is 2. The third-order valence-electron chi connectivity index (χ3n) is 3.24. The second-order valence-corrected chi connectivity index (χ2v) is 4.65. The third-order valence-corrected chi connectivity index (χ3v) is 3.24. The third kappa shape index (κ3) is 3.35. The lowest BCUT2D eigenvalue weighted by atomic mass is 10.1. The first-order valence-corrected chi connectivity index (χ1v) is 6.63. The normalized spacial score (nSPS) is 15.6. The van der Waals surface area contributed by atoms with Crippen LogP contribution in [-0.4, -0.2) is 23.9 Å². The molecular formula is C15H16FN3O. The molecule has 0 bridgehead atoms. The lowest BCUT2D eigenvalue weighted by Gasteiger charge is -2.26. The number of para-hydroxylation sites is 1. The summed E-state index contributed by atoms with van der Waals surface area (Å²) in [6.45, 7) is 1.36. The minimum Gasteiger partial charge on any atom is -0.358 e. The molecule has 0 unspecified atom stereocenters. The molecule has 1 aliphatic heterocycles. The van der Waals surface area contributed by atoms with Crippen LogP contribution < -0.4 is 5.32 Å². The second-order valence-electron chi connectivity index (χ2n) is 4.65. The first-order chi connectivity index (χ1) is 9.72. The Morgan fingerprint density at radius 3 is 2.65 bits per heavy atom. The number of benzene rings is 1. The smallest absolute Gasteiger partial charge is 0.266 e. The highest BCUT2D eigenvalue weighted by atomic mass is 19.1. The maximum Gasteiger partial charge on any atom is 0.266 e. The predicted molar refractivity (Wildman–Crippen MR) is 74.1 cm³/mol. The molecule has 1 aromatic carbocycles. The van der Waals surface area contributed by atoms with Gasteiger partial charge in [0.2, 0.25) is 0 Å². The zero-order valence-corrected chi connectivity index (χ0v) is 11.1. The zero-order chi connectivity index (χ0) is 14.4. The molecule has 1 heterocycles. The van der Waals surface area contributed by atoms with Crippen molar-refractivity contribution in [2.45, 2.75) is 19.3 Å². The number of hydrogen-bond donors (Lipinski definition) is 1. The van der Waals surface area contributed by atoms with E-state index < -0.39 is 5.82 Å². The molecule has 5 heteroatoms. The Morgan fingerprint density at radius 2 is 2.00 bits per heavy atom. The van der Waals surface area contributed by atoms with Crippen LogP contribution >= 0.6 is 0 Å². The number of piperidine rings is 1. The summed E-state index contributed by atoms with van der Waals surface area (Å²) in [5.74, 6) is -0.720. The number of nitriles is 1. The van der Waals surface area contributed by atoms with Gasteiger partial charge in [0.05, 0.1) is 5.69 Å². The molecule has 1 N–H and O–H groups in total. The van der Waals surface area contributed by atoms with E-state index in [-0.39, 0.29) is 17.2 Å². The lowest BCUT2D eigenvalue weighted by Crippen LogP contribution is -2.36. The van der Waals surface area contributed by atoms with Gasteiger partial charge in [-0.05, 0) is 31.4 Å². The fraction of sp³-hybridized carbons (Fsp3) is 0.333. The molecule has 2 rings (SSSR count). The van der Waals surface area contributed by atoms with Crippen molar-refractivity contribution in [3.63, 3.8) is 0 Å². The SMILES string of the molecule is N#C/C(=C/Nc1ccccc1F)C(=O)N1CCCCC1. The minimum atomic E-state index is -0.425. The van der Waals surface area contributed by atoms with E-state index in [0.717, 1.165) is 19.3 Å². The quantitative estimate of drug-likeness (QED) is 0.680. The van der Waals surface area contributed by atoms with Crippen molar-refractivity contribution in [1.82, 2.24) is 4.90 Å². The Bertz CT molecular complexity index is 556. The fourth-order valence-corrected chi connectivity index (χ4v) is 2.14. The van der Waals surface area contributed by atoms with Crippen molar-refractivity contribution >= 4 is 11.6 Å². The van der Waals surface area contributed by atoms with Crippen molar-refractivity contribution in [2.75, 3.05) is 18.4 Å². The van der Waals surface area contributed by atoms with Gasteiger partial charge in [-0.25, -0.2) is 4.39 Å². The molecule has 1 aromatic rings. The molecule has 4 nitrogen and oxygen atoms in total. The van der Waals surface area contributed by atoms with Crippen molar-refractivity contribution in [3.05, 3.63) is 41.9 Å². The number of likely N-dealkylation sites (tertiary alicyclic amines) is 1. The van der Waals surface area contributed by atoms with E-state index in [1.54, 1.807) is 23.1 Å². The molecule has 1 fully saturated rings. The van der Waals surface area contributed by atoms with Crippen LogP contribution in [0.25, 0.3) is 0 Å². The molecule has 0 atom stereocenters. The summed E-state index contributed by atoms with van der Waals surface area (Å²) in [5.41, 5.74) is 0.238. The number of halogens is 1. The standard InChI is InChI=1S/C15H16FN3O/c16-13-6-2-3-7-14(13)18-11-12(10-17)15(20)19-8-4-1-5-9-19/h2-3,6-7,11,18H,1,4-5,8-9H2/b12-11-. The van der Waals surface area contributed by atoms with Gasteiger partial charge in [0.1, 0.15) is 17.5 Å². The molecule has 1 aliphatic rings. The van der Waals surface area contributed by atoms with Crippen molar-refractivity contribution in [3.8, 4) is 6.07 Å². The second kappa shape index (κ2) is 6.71. The van der Waals surface area contributed by atoms with Crippen LogP contribution in [0.15, 0.2) is 36.0 Å². The minimum absolute atomic E-state index is 0.00449. The molecule has 104 valence electrons. The maximum absolute atomic E-state index is 13.4. The van der Waals surface area contributed by atoms with Crippen molar-refractivity contribution in [1.29, 1.82) is 5.26 Å². The van der Waals surface area contributed by atoms with Gasteiger partial charge in [-0.2, -0.15) is 5.26 Å². The highest BCUT2D eigenvalue weighted by Crippen LogP contribution is 2.15. The summed E-state index contributed by atoms with van der Waals surface area (Å²) >= 11 is 0. The number of rotatable bonds is 3. The van der Waals surface area contributed by atoms with Crippen LogP contribution in [0.4, 0.5) is 10.1 Å². The number of amides is 1. The van der Waals surface area contributed by atoms with E-state index in [1.807, 2.05) is 6.07 Å². The van der Waals surface area contributed by atoms with Gasteiger partial charge in [-0.1, -0.05) is 12.1 Å². The van der Waals surface area contributed by atoms with Gasteiger partial charge in [-0.3, -0.25) is 4.79 Å². The Morgan fingerprint density at radius 1 is 1.30 bits per heavy atom. The van der Waals surface area contributed by atoms with Crippen LogP contribution in [0.1, 0.15) is 19.3 Å². The van der Waals surface area contributed by atoms with E-state index in [4.69, 9.17) is 5.26 Å². The lowest BCUT2D eigenvalue weighted by molar-refractivity contribution is -0.127. The summed E-state index contributed by atoms with van der Waals surface area (Å²) in [6, 6.07) is 7.99. The number of hydrogen-bond acceptors (Lipinski definition) is 3. The van der Waals surface area contributed by atoms with Crippen LogP contribution in [0, 0.1) is 17.1 Å². The first-order valence-electron chi connectivity index (χ1n) is 6.63. The summed E-state index contributed by atoms with van der Waals surface area (Å²) < 4.78 is 13.4. The Labute approximate surface area is 117 Å². The Kier molecular flexibility index (Phi) is 4.72. The largest absolute Gasteiger partial charge is 0.358 e. The van der Waals surface area contributed by atoms with Gasteiger partial charge in [-0.15, -0.1) is 0 Å². The van der Waals surface area contributed by atoms with Crippen LogP contribution in [0.5, 0.6) is 0 Å². The molecule has 0 spiro atoms. The number of anilines is 1. The summed E-state index contributed by atoms with van der Waals surface area (Å²) in [6.07, 6.45) is 4.31. The molecule has 20 heavy (non-hydrogen) atoms. The fourth-order valence-electron chi connectivity index (χ4n) is 2.14. The first kappa shape index (κ1) is 14.1. The van der Waals surface area contributed by atoms with Crippen LogP contribution in [-0.2, 0) is 4.79 Å². The topological polar surface area (TPSA) is 56.1 Å². The number of carbonyl (C=O) groups is 1. The van der Waals surface area contributed by atoms with E-state index in [0.29, 0.717) is 13.1 Å². The predicted octanol–water partition coefficient (Wildman–Crippen LogP) is 2.66. The molecule has 0 saturated carbocycles. The number of nitrogens with one attached hydrogen (secondary N) is 1. The number of carbonyl (C=O) groups excluding carboxylic acids is 1. The van der Waals surface area contributed by atoms with Crippen molar-refractivity contribution in [2.24, 2.45) is 0 Å². The Balaban J connectivity index is 2.08. The van der Waals surface area contributed by atoms with Gasteiger partial charge in [0.15, 0.2) is 0 Å². The van der Waals surface area contributed by atoms with E-state index in [2.05, 4.69) is 5.32 Å². The van der Waals surface area contributed by atoms with E-state index in [1.165, 1.54) is 12.3 Å². The van der Waals surface area contributed by atoms with Crippen molar-refractivity contribution < 1.29 is 9.18 Å². The van der Waals surface area contributed by atoms with Gasteiger partial charge >= 0.3 is 0 Å². The van der Waals surface area contributed by atoms with Gasteiger partial charge < -0.3 is 10.2 Å². The summed E-state index contributed by atoms with van der Waals surface area (Å²) in [4.78, 5) is 13.8. The molecule has 1 saturated heterocycles. The monoisotopic (exact) mass is 273 g/mol. The van der Waals surface area contributed by atoms with Gasteiger partial charge in [0, 0.05) is 19.3 Å². The van der Waals surface area contributed by atoms with Crippen LogP contribution in [0.3, 0.4) is 0 Å². The molecular weight excluding hydrogens is 257 g/mol. The average molecular weight is 273 g/mol. The maximum atomic E-state index is 13.4. The zero-order valence-electron chi connectivity index (χ0n) is 11.1. The average Bonchev–Trinajstić information content (AvgIpc) is 2.50.